The van der Waals surface area contributed by atoms with Crippen LogP contribution in [0.3, 0.4) is 0 Å². The molecule has 0 radical (unpaired) electrons. The second-order valence-corrected chi connectivity index (χ2v) is 6.38. The van der Waals surface area contributed by atoms with Crippen LogP contribution in [0.2, 0.25) is 0 Å². The summed E-state index contributed by atoms with van der Waals surface area (Å²) in [5.74, 6) is -0.497. The van der Waals surface area contributed by atoms with Crippen LogP contribution in [0.5, 0.6) is 0 Å². The quantitative estimate of drug-likeness (QED) is 0.878. The van der Waals surface area contributed by atoms with Crippen molar-refractivity contribution in [3.8, 4) is 0 Å². The summed E-state index contributed by atoms with van der Waals surface area (Å²) >= 11 is 1.54. The lowest BCUT2D eigenvalue weighted by atomic mass is 9.75. The summed E-state index contributed by atoms with van der Waals surface area (Å²) in [5.41, 5.74) is -0.117. The van der Waals surface area contributed by atoms with Gasteiger partial charge in [0.1, 0.15) is 5.54 Å². The zero-order valence-electron chi connectivity index (χ0n) is 11.7. The van der Waals surface area contributed by atoms with Crippen LogP contribution in [0.15, 0.2) is 16.8 Å². The third-order valence-electron chi connectivity index (χ3n) is 4.27. The van der Waals surface area contributed by atoms with E-state index in [1.165, 1.54) is 11.3 Å². The molecule has 0 atom stereocenters. The van der Waals surface area contributed by atoms with Crippen LogP contribution >= 0.6 is 11.3 Å². The molecule has 1 aromatic rings. The Labute approximate surface area is 123 Å². The highest BCUT2D eigenvalue weighted by molar-refractivity contribution is 7.07. The molecule has 0 saturated heterocycles. The zero-order valence-corrected chi connectivity index (χ0v) is 12.5. The van der Waals surface area contributed by atoms with Crippen LogP contribution < -0.4 is 5.32 Å². The van der Waals surface area contributed by atoms with Crippen LogP contribution in [-0.2, 0) is 16.0 Å². The normalized spacial score (nSPS) is 26.1. The topological polar surface area (TPSA) is 66.4 Å². The van der Waals surface area contributed by atoms with Gasteiger partial charge in [-0.25, -0.2) is 4.79 Å². The highest BCUT2D eigenvalue weighted by Crippen LogP contribution is 2.34. The first-order valence-electron chi connectivity index (χ1n) is 7.11. The molecule has 110 valence electrons. The highest BCUT2D eigenvalue weighted by Gasteiger charge is 2.42. The lowest BCUT2D eigenvalue weighted by Gasteiger charge is -2.37. The van der Waals surface area contributed by atoms with Crippen molar-refractivity contribution in [1.29, 1.82) is 0 Å². The number of carbonyl (C=O) groups is 2. The van der Waals surface area contributed by atoms with Gasteiger partial charge in [-0.2, -0.15) is 11.3 Å². The maximum Gasteiger partial charge on any atom is 0.329 e. The molecule has 2 N–H and O–H groups in total. The van der Waals surface area contributed by atoms with Crippen molar-refractivity contribution in [2.24, 2.45) is 5.92 Å². The summed E-state index contributed by atoms with van der Waals surface area (Å²) in [6.07, 6.45) is 4.17. The third kappa shape index (κ3) is 3.39. The van der Waals surface area contributed by atoms with Gasteiger partial charge in [-0.1, -0.05) is 13.3 Å². The Hall–Kier alpha value is -1.36. The van der Waals surface area contributed by atoms with Gasteiger partial charge in [0, 0.05) is 0 Å². The highest BCUT2D eigenvalue weighted by atomic mass is 32.1. The first kappa shape index (κ1) is 15.0. The molecule has 0 unspecified atom stereocenters. The summed E-state index contributed by atoms with van der Waals surface area (Å²) in [5, 5.41) is 16.1. The molecule has 1 aliphatic rings. The molecule has 0 aliphatic heterocycles. The molecule has 1 aliphatic carbocycles. The summed E-state index contributed by atoms with van der Waals surface area (Å²) in [6, 6.07) is 1.89. The van der Waals surface area contributed by atoms with Gasteiger partial charge in [0.25, 0.3) is 0 Å². The summed E-state index contributed by atoms with van der Waals surface area (Å²) in [4.78, 5) is 23.7. The third-order valence-corrected chi connectivity index (χ3v) is 5.00. The molecule has 0 spiro atoms. The molecule has 1 amide bonds. The number of aliphatic carboxylic acids is 1. The number of rotatable bonds is 5. The maximum atomic E-state index is 12.1. The molecule has 20 heavy (non-hydrogen) atoms. The van der Waals surface area contributed by atoms with Crippen molar-refractivity contribution >= 4 is 23.2 Å². The van der Waals surface area contributed by atoms with E-state index in [0.29, 0.717) is 18.8 Å². The second-order valence-electron chi connectivity index (χ2n) is 5.60. The predicted molar refractivity (Wildman–Crippen MR) is 78.8 cm³/mol. The number of hydrogen-bond acceptors (Lipinski definition) is 3. The van der Waals surface area contributed by atoms with Gasteiger partial charge in [0.15, 0.2) is 0 Å². The van der Waals surface area contributed by atoms with Crippen molar-refractivity contribution in [3.63, 3.8) is 0 Å². The number of carbonyl (C=O) groups excluding carboxylic acids is 1. The summed E-state index contributed by atoms with van der Waals surface area (Å²) in [7, 11) is 0. The molecular weight excluding hydrogens is 274 g/mol. The lowest BCUT2D eigenvalue weighted by Crippen LogP contribution is -2.56. The summed E-state index contributed by atoms with van der Waals surface area (Å²) < 4.78 is 0. The van der Waals surface area contributed by atoms with E-state index in [-0.39, 0.29) is 12.3 Å². The van der Waals surface area contributed by atoms with Crippen LogP contribution in [-0.4, -0.2) is 22.5 Å². The average Bonchev–Trinajstić information content (AvgIpc) is 2.92. The van der Waals surface area contributed by atoms with E-state index in [0.717, 1.165) is 24.8 Å². The van der Waals surface area contributed by atoms with Crippen molar-refractivity contribution in [3.05, 3.63) is 22.4 Å². The molecule has 5 heteroatoms. The number of nitrogens with one attached hydrogen (secondary N) is 1. The Kier molecular flexibility index (Phi) is 4.81. The van der Waals surface area contributed by atoms with Crippen molar-refractivity contribution in [2.75, 3.05) is 0 Å². The first-order valence-corrected chi connectivity index (χ1v) is 8.05. The Morgan fingerprint density at radius 3 is 2.65 bits per heavy atom. The lowest BCUT2D eigenvalue weighted by molar-refractivity contribution is -0.149. The SMILES string of the molecule is CCC1CCC(NC(=O)Cc2ccsc2)(C(=O)O)CC1. The molecule has 1 fully saturated rings. The van der Waals surface area contributed by atoms with E-state index in [4.69, 9.17) is 0 Å². The molecule has 4 nitrogen and oxygen atoms in total. The molecule has 1 heterocycles. The van der Waals surface area contributed by atoms with E-state index in [1.54, 1.807) is 0 Å². The minimum atomic E-state index is -1.06. The van der Waals surface area contributed by atoms with Gasteiger partial charge in [-0.15, -0.1) is 0 Å². The van der Waals surface area contributed by atoms with E-state index in [1.807, 2.05) is 16.8 Å². The van der Waals surface area contributed by atoms with Gasteiger partial charge in [-0.05, 0) is 54.0 Å². The fourth-order valence-corrected chi connectivity index (χ4v) is 3.53. The van der Waals surface area contributed by atoms with Crippen molar-refractivity contribution < 1.29 is 14.7 Å². The molecule has 0 aromatic carbocycles. The summed E-state index contributed by atoms with van der Waals surface area (Å²) in [6.45, 7) is 2.13. The fraction of sp³-hybridized carbons (Fsp3) is 0.600. The van der Waals surface area contributed by atoms with Crippen LogP contribution in [0, 0.1) is 5.92 Å². The van der Waals surface area contributed by atoms with Crippen LogP contribution in [0.25, 0.3) is 0 Å². The van der Waals surface area contributed by atoms with Gasteiger partial charge in [-0.3, -0.25) is 4.79 Å². The smallest absolute Gasteiger partial charge is 0.329 e. The van der Waals surface area contributed by atoms with Gasteiger partial charge in [0.05, 0.1) is 6.42 Å². The zero-order chi connectivity index (χ0) is 14.6. The van der Waals surface area contributed by atoms with E-state index in [9.17, 15) is 14.7 Å². The number of amides is 1. The van der Waals surface area contributed by atoms with E-state index in [2.05, 4.69) is 12.2 Å². The largest absolute Gasteiger partial charge is 0.480 e. The Morgan fingerprint density at radius 1 is 1.45 bits per heavy atom. The second kappa shape index (κ2) is 6.39. The molecule has 1 saturated carbocycles. The standard InChI is InChI=1S/C15H21NO3S/c1-2-11-3-6-15(7-4-11,14(18)19)16-13(17)9-12-5-8-20-10-12/h5,8,10-11H,2-4,6-7,9H2,1H3,(H,16,17)(H,18,19). The maximum absolute atomic E-state index is 12.1. The van der Waals surface area contributed by atoms with Gasteiger partial charge in [0.2, 0.25) is 5.91 Å². The number of carboxylic acid groups (broad SMARTS) is 1. The van der Waals surface area contributed by atoms with E-state index >= 15 is 0 Å². The van der Waals surface area contributed by atoms with E-state index < -0.39 is 11.5 Å². The van der Waals surface area contributed by atoms with Crippen LogP contribution in [0.4, 0.5) is 0 Å². The fourth-order valence-electron chi connectivity index (χ4n) is 2.86. The van der Waals surface area contributed by atoms with Crippen LogP contribution in [0.1, 0.15) is 44.6 Å². The minimum absolute atomic E-state index is 0.194. The first-order chi connectivity index (χ1) is 9.55. The predicted octanol–water partition coefficient (Wildman–Crippen LogP) is 2.83. The Balaban J connectivity index is 1.99. The molecule has 2 rings (SSSR count). The van der Waals surface area contributed by atoms with Gasteiger partial charge >= 0.3 is 5.97 Å². The van der Waals surface area contributed by atoms with Crippen molar-refractivity contribution in [1.82, 2.24) is 5.32 Å². The van der Waals surface area contributed by atoms with Gasteiger partial charge < -0.3 is 10.4 Å². The minimum Gasteiger partial charge on any atom is -0.480 e. The Bertz CT molecular complexity index is 461. The number of hydrogen-bond donors (Lipinski definition) is 2. The number of thiophene rings is 1. The Morgan fingerprint density at radius 2 is 2.15 bits per heavy atom. The average molecular weight is 295 g/mol. The van der Waals surface area contributed by atoms with Crippen molar-refractivity contribution in [2.45, 2.75) is 51.0 Å². The molecule has 1 aromatic heterocycles. The monoisotopic (exact) mass is 295 g/mol. The number of carboxylic acids is 1. The molecular formula is C15H21NO3S. The molecule has 0 bridgehead atoms.